The van der Waals surface area contributed by atoms with Crippen molar-refractivity contribution in [3.05, 3.63) is 65.2 Å². The van der Waals surface area contributed by atoms with Gasteiger partial charge in [-0.25, -0.2) is 8.42 Å². The van der Waals surface area contributed by atoms with Gasteiger partial charge in [-0.2, -0.15) is 0 Å². The Hall–Kier alpha value is -2.34. The predicted octanol–water partition coefficient (Wildman–Crippen LogP) is 3.80. The Labute approximate surface area is 161 Å². The zero-order chi connectivity index (χ0) is 19.6. The van der Waals surface area contributed by atoms with Gasteiger partial charge in [-0.05, 0) is 36.0 Å². The van der Waals surface area contributed by atoms with E-state index in [0.717, 1.165) is 30.2 Å². The smallest absolute Gasteiger partial charge is 0.229 e. The van der Waals surface area contributed by atoms with Crippen molar-refractivity contribution in [1.29, 1.82) is 0 Å². The molecule has 2 aromatic rings. The molecule has 0 saturated heterocycles. The summed E-state index contributed by atoms with van der Waals surface area (Å²) in [5.41, 5.74) is 3.35. The Morgan fingerprint density at radius 2 is 1.59 bits per heavy atom. The molecule has 1 atom stereocenters. The van der Waals surface area contributed by atoms with Gasteiger partial charge >= 0.3 is 0 Å². The molecule has 144 valence electrons. The molecule has 0 radical (unpaired) electrons. The fourth-order valence-electron chi connectivity index (χ4n) is 3.06. The van der Waals surface area contributed by atoms with Gasteiger partial charge in [0, 0.05) is 11.5 Å². The Morgan fingerprint density at radius 3 is 2.15 bits per heavy atom. The lowest BCUT2D eigenvalue weighted by molar-refractivity contribution is -0.122. The molecule has 0 heterocycles. The first-order chi connectivity index (χ1) is 12.7. The quantitative estimate of drug-likeness (QED) is 0.760. The topological polar surface area (TPSA) is 75.3 Å². The fraction of sp³-hybridized carbons (Fsp3) is 0.381. The number of amides is 1. The molecule has 1 fully saturated rings. The second kappa shape index (κ2) is 7.72. The van der Waals surface area contributed by atoms with E-state index in [0.29, 0.717) is 11.6 Å². The minimum Gasteiger partial charge on any atom is -0.345 e. The van der Waals surface area contributed by atoms with Crippen molar-refractivity contribution in [1.82, 2.24) is 5.32 Å². The van der Waals surface area contributed by atoms with Gasteiger partial charge in [0.15, 0.2) is 0 Å². The maximum atomic E-state index is 12.5. The van der Waals surface area contributed by atoms with Gasteiger partial charge in [0.2, 0.25) is 15.9 Å². The van der Waals surface area contributed by atoms with Crippen molar-refractivity contribution in [3.8, 4) is 0 Å². The van der Waals surface area contributed by atoms with Crippen LogP contribution in [-0.2, 0) is 14.8 Å². The van der Waals surface area contributed by atoms with Crippen LogP contribution in [0.3, 0.4) is 0 Å². The molecule has 0 unspecified atom stereocenters. The number of carbonyl (C=O) groups is 1. The molecule has 6 heteroatoms. The van der Waals surface area contributed by atoms with Crippen LogP contribution in [0.4, 0.5) is 5.69 Å². The first-order valence-electron chi connectivity index (χ1n) is 9.21. The number of benzene rings is 2. The summed E-state index contributed by atoms with van der Waals surface area (Å²) in [6.45, 7) is 4.26. The summed E-state index contributed by atoms with van der Waals surface area (Å²) in [7, 11) is -3.43. The van der Waals surface area contributed by atoms with Gasteiger partial charge in [-0.3, -0.25) is 9.52 Å². The van der Waals surface area contributed by atoms with Gasteiger partial charge in [-0.15, -0.1) is 0 Å². The third-order valence-electron chi connectivity index (χ3n) is 4.74. The standard InChI is InChI=1S/C21H26N2O3S/c1-14(2)15-8-10-16(11-9-15)20(22-21(24)17-12-13-17)18-6-4-5-7-19(18)23-27(3,25)26/h4-11,14,17,20,23H,12-13H2,1-3H3,(H,22,24)/t20-/m1/s1. The van der Waals surface area contributed by atoms with E-state index < -0.39 is 16.1 Å². The maximum Gasteiger partial charge on any atom is 0.229 e. The zero-order valence-corrected chi connectivity index (χ0v) is 16.7. The normalized spacial score (nSPS) is 15.4. The van der Waals surface area contributed by atoms with E-state index in [1.165, 1.54) is 5.56 Å². The number of anilines is 1. The maximum absolute atomic E-state index is 12.5. The lowest BCUT2D eigenvalue weighted by Crippen LogP contribution is -2.31. The highest BCUT2D eigenvalue weighted by Gasteiger charge is 2.32. The van der Waals surface area contributed by atoms with Gasteiger partial charge in [0.25, 0.3) is 0 Å². The van der Waals surface area contributed by atoms with Gasteiger partial charge in [0.05, 0.1) is 18.0 Å². The van der Waals surface area contributed by atoms with Gasteiger partial charge < -0.3 is 5.32 Å². The molecule has 0 bridgehead atoms. The number of para-hydroxylation sites is 1. The molecule has 1 amide bonds. The average Bonchev–Trinajstić information content (AvgIpc) is 3.44. The monoisotopic (exact) mass is 386 g/mol. The van der Waals surface area contributed by atoms with Crippen molar-refractivity contribution in [2.75, 3.05) is 11.0 Å². The summed E-state index contributed by atoms with van der Waals surface area (Å²) >= 11 is 0. The molecule has 0 aliphatic heterocycles. The second-order valence-electron chi connectivity index (χ2n) is 7.50. The molecule has 0 spiro atoms. The predicted molar refractivity (Wildman–Crippen MR) is 108 cm³/mol. The Morgan fingerprint density at radius 1 is 1.00 bits per heavy atom. The molecule has 27 heavy (non-hydrogen) atoms. The van der Waals surface area contributed by atoms with Crippen LogP contribution in [0.15, 0.2) is 48.5 Å². The Bertz CT molecular complexity index is 917. The Kier molecular flexibility index (Phi) is 5.56. The van der Waals surface area contributed by atoms with E-state index >= 15 is 0 Å². The van der Waals surface area contributed by atoms with Crippen molar-refractivity contribution >= 4 is 21.6 Å². The highest BCUT2D eigenvalue weighted by atomic mass is 32.2. The molecule has 2 aromatic carbocycles. The molecule has 1 aliphatic carbocycles. The fourth-order valence-corrected chi connectivity index (χ4v) is 3.65. The van der Waals surface area contributed by atoms with E-state index in [1.807, 2.05) is 24.3 Å². The SMILES string of the molecule is CC(C)c1ccc([C@@H](NC(=O)C2CC2)c2ccccc2NS(C)(=O)=O)cc1. The number of hydrogen-bond acceptors (Lipinski definition) is 3. The minimum absolute atomic E-state index is 0.0158. The first kappa shape index (κ1) is 19.4. The highest BCUT2D eigenvalue weighted by Crippen LogP contribution is 2.33. The number of sulfonamides is 1. The summed E-state index contributed by atoms with van der Waals surface area (Å²) in [6, 6.07) is 14.9. The summed E-state index contributed by atoms with van der Waals surface area (Å²) < 4.78 is 26.1. The molecule has 3 rings (SSSR count). The molecule has 1 aliphatic rings. The van der Waals surface area contributed by atoms with Crippen LogP contribution in [-0.4, -0.2) is 20.6 Å². The van der Waals surface area contributed by atoms with Crippen molar-refractivity contribution in [2.24, 2.45) is 5.92 Å². The van der Waals surface area contributed by atoms with Crippen LogP contribution in [0.2, 0.25) is 0 Å². The van der Waals surface area contributed by atoms with E-state index in [-0.39, 0.29) is 11.8 Å². The number of carbonyl (C=O) groups excluding carboxylic acids is 1. The number of rotatable bonds is 7. The molecule has 5 nitrogen and oxygen atoms in total. The second-order valence-corrected chi connectivity index (χ2v) is 9.25. The van der Waals surface area contributed by atoms with Crippen LogP contribution >= 0.6 is 0 Å². The third kappa shape index (κ3) is 5.10. The largest absolute Gasteiger partial charge is 0.345 e. The summed E-state index contributed by atoms with van der Waals surface area (Å²) in [5.74, 6) is 0.498. The first-order valence-corrected chi connectivity index (χ1v) is 11.1. The third-order valence-corrected chi connectivity index (χ3v) is 5.33. The lowest BCUT2D eigenvalue weighted by Gasteiger charge is -2.23. The molecule has 0 aromatic heterocycles. The molecule has 1 saturated carbocycles. The number of hydrogen-bond donors (Lipinski definition) is 2. The average molecular weight is 387 g/mol. The van der Waals surface area contributed by atoms with E-state index in [2.05, 4.69) is 36.0 Å². The minimum atomic E-state index is -3.43. The van der Waals surface area contributed by atoms with Crippen LogP contribution < -0.4 is 10.0 Å². The van der Waals surface area contributed by atoms with Crippen LogP contribution in [0, 0.1) is 5.92 Å². The molecular formula is C21H26N2O3S. The van der Waals surface area contributed by atoms with Crippen LogP contribution in [0.25, 0.3) is 0 Å². The van der Waals surface area contributed by atoms with Crippen LogP contribution in [0.1, 0.15) is 55.3 Å². The van der Waals surface area contributed by atoms with E-state index in [9.17, 15) is 13.2 Å². The highest BCUT2D eigenvalue weighted by molar-refractivity contribution is 7.92. The van der Waals surface area contributed by atoms with E-state index in [1.54, 1.807) is 12.1 Å². The summed E-state index contributed by atoms with van der Waals surface area (Å²) in [4.78, 5) is 12.5. The Balaban J connectivity index is 2.00. The van der Waals surface area contributed by atoms with Crippen molar-refractivity contribution in [3.63, 3.8) is 0 Å². The van der Waals surface area contributed by atoms with E-state index in [4.69, 9.17) is 0 Å². The summed E-state index contributed by atoms with van der Waals surface area (Å²) in [5, 5.41) is 3.11. The van der Waals surface area contributed by atoms with Crippen molar-refractivity contribution < 1.29 is 13.2 Å². The van der Waals surface area contributed by atoms with Crippen molar-refractivity contribution in [2.45, 2.75) is 38.6 Å². The molecular weight excluding hydrogens is 360 g/mol. The molecule has 2 N–H and O–H groups in total. The van der Waals surface area contributed by atoms with Crippen LogP contribution in [0.5, 0.6) is 0 Å². The van der Waals surface area contributed by atoms with Gasteiger partial charge in [-0.1, -0.05) is 56.3 Å². The van der Waals surface area contributed by atoms with Gasteiger partial charge in [0.1, 0.15) is 0 Å². The lowest BCUT2D eigenvalue weighted by atomic mass is 9.94. The zero-order valence-electron chi connectivity index (χ0n) is 15.9. The number of nitrogens with one attached hydrogen (secondary N) is 2. The summed E-state index contributed by atoms with van der Waals surface area (Å²) in [6.07, 6.45) is 2.95.